The van der Waals surface area contributed by atoms with Crippen LogP contribution in [0.25, 0.3) is 5.82 Å². The van der Waals surface area contributed by atoms with Crippen LogP contribution in [0.15, 0.2) is 24.7 Å². The molecule has 72 valence electrons. The van der Waals surface area contributed by atoms with Gasteiger partial charge in [-0.3, -0.25) is 0 Å². The van der Waals surface area contributed by atoms with Crippen molar-refractivity contribution in [3.8, 4) is 5.82 Å². The van der Waals surface area contributed by atoms with Gasteiger partial charge in [-0.15, -0.1) is 0 Å². The molecule has 0 atom stereocenters. The van der Waals surface area contributed by atoms with E-state index in [1.165, 1.54) is 0 Å². The first-order valence-corrected chi connectivity index (χ1v) is 4.40. The number of aromatic nitrogens is 4. The van der Waals surface area contributed by atoms with Crippen LogP contribution in [0, 0.1) is 0 Å². The van der Waals surface area contributed by atoms with Gasteiger partial charge in [-0.05, 0) is 11.6 Å². The fourth-order valence-electron chi connectivity index (χ4n) is 1.04. The maximum Gasteiger partial charge on any atom is 0.224 e. The molecule has 5 nitrogen and oxygen atoms in total. The molecular weight excluding hydrogens is 202 g/mol. The van der Waals surface area contributed by atoms with Crippen molar-refractivity contribution in [2.45, 2.75) is 6.54 Å². The molecule has 6 heteroatoms. The van der Waals surface area contributed by atoms with Crippen molar-refractivity contribution >= 4 is 11.6 Å². The van der Waals surface area contributed by atoms with Crippen LogP contribution in [0.5, 0.6) is 0 Å². The first-order valence-electron chi connectivity index (χ1n) is 4.02. The summed E-state index contributed by atoms with van der Waals surface area (Å²) in [6, 6.07) is 1.72. The molecule has 0 radical (unpaired) electrons. The minimum atomic E-state index is 0.201. The standard InChI is InChI=1S/C8H8ClN5/c9-8-11-2-1-7(13-8)14-5-6(3-10)4-12-14/h1-2,4-5H,3,10H2. The van der Waals surface area contributed by atoms with Crippen LogP contribution in [0.3, 0.4) is 0 Å². The number of rotatable bonds is 2. The molecule has 2 rings (SSSR count). The third-order valence-electron chi connectivity index (χ3n) is 1.72. The number of hydrogen-bond acceptors (Lipinski definition) is 4. The molecule has 0 aromatic carbocycles. The van der Waals surface area contributed by atoms with E-state index in [2.05, 4.69) is 15.1 Å². The Kier molecular flexibility index (Phi) is 2.43. The van der Waals surface area contributed by atoms with Gasteiger partial charge in [-0.2, -0.15) is 10.1 Å². The van der Waals surface area contributed by atoms with Crippen molar-refractivity contribution in [3.63, 3.8) is 0 Å². The van der Waals surface area contributed by atoms with Gasteiger partial charge in [0.25, 0.3) is 0 Å². The molecule has 0 amide bonds. The molecule has 0 saturated carbocycles. The molecule has 0 aliphatic rings. The predicted molar refractivity (Wildman–Crippen MR) is 52.1 cm³/mol. The molecule has 0 aliphatic heterocycles. The highest BCUT2D eigenvalue weighted by Gasteiger charge is 2.01. The highest BCUT2D eigenvalue weighted by atomic mass is 35.5. The van der Waals surface area contributed by atoms with E-state index in [1.807, 2.05) is 0 Å². The molecule has 0 spiro atoms. The van der Waals surface area contributed by atoms with Crippen LogP contribution in [0.2, 0.25) is 5.28 Å². The summed E-state index contributed by atoms with van der Waals surface area (Å²) in [6.07, 6.45) is 5.07. The van der Waals surface area contributed by atoms with Crippen LogP contribution in [-0.2, 0) is 6.54 Å². The average molecular weight is 210 g/mol. The maximum absolute atomic E-state index is 5.65. The van der Waals surface area contributed by atoms with E-state index in [4.69, 9.17) is 17.3 Å². The van der Waals surface area contributed by atoms with Gasteiger partial charge in [0.2, 0.25) is 5.28 Å². The third kappa shape index (κ3) is 1.73. The Morgan fingerprint density at radius 1 is 1.50 bits per heavy atom. The van der Waals surface area contributed by atoms with E-state index in [9.17, 15) is 0 Å². The summed E-state index contributed by atoms with van der Waals surface area (Å²) in [5.74, 6) is 0.629. The summed E-state index contributed by atoms with van der Waals surface area (Å²) in [7, 11) is 0. The molecule has 0 saturated heterocycles. The largest absolute Gasteiger partial charge is 0.326 e. The molecule has 2 aromatic rings. The Morgan fingerprint density at radius 2 is 2.36 bits per heavy atom. The Morgan fingerprint density at radius 3 is 3.00 bits per heavy atom. The minimum Gasteiger partial charge on any atom is -0.326 e. The molecule has 0 aliphatic carbocycles. The van der Waals surface area contributed by atoms with Crippen molar-refractivity contribution in [3.05, 3.63) is 35.5 Å². The number of nitrogens with two attached hydrogens (primary N) is 1. The second-order valence-corrected chi connectivity index (χ2v) is 3.02. The lowest BCUT2D eigenvalue weighted by Crippen LogP contribution is -1.99. The molecule has 0 fully saturated rings. The highest BCUT2D eigenvalue weighted by Crippen LogP contribution is 2.06. The van der Waals surface area contributed by atoms with Crippen LogP contribution in [0.4, 0.5) is 0 Å². The monoisotopic (exact) mass is 209 g/mol. The van der Waals surface area contributed by atoms with Gasteiger partial charge in [0.1, 0.15) is 0 Å². The Bertz CT molecular complexity index is 439. The van der Waals surface area contributed by atoms with E-state index >= 15 is 0 Å². The van der Waals surface area contributed by atoms with Crippen LogP contribution < -0.4 is 5.73 Å². The quantitative estimate of drug-likeness (QED) is 0.742. The molecule has 14 heavy (non-hydrogen) atoms. The van der Waals surface area contributed by atoms with E-state index in [-0.39, 0.29) is 5.28 Å². The molecule has 2 heterocycles. The van der Waals surface area contributed by atoms with Gasteiger partial charge in [0, 0.05) is 30.6 Å². The third-order valence-corrected chi connectivity index (χ3v) is 1.90. The average Bonchev–Trinajstić information content (AvgIpc) is 2.66. The van der Waals surface area contributed by atoms with Crippen molar-refractivity contribution in [2.75, 3.05) is 0 Å². The number of nitrogens with zero attached hydrogens (tertiary/aromatic N) is 4. The van der Waals surface area contributed by atoms with Crippen LogP contribution in [-0.4, -0.2) is 19.7 Å². The molecule has 2 N–H and O–H groups in total. The van der Waals surface area contributed by atoms with Crippen molar-refractivity contribution in [1.82, 2.24) is 19.7 Å². The van der Waals surface area contributed by atoms with Gasteiger partial charge >= 0.3 is 0 Å². The van der Waals surface area contributed by atoms with Gasteiger partial charge < -0.3 is 5.73 Å². The van der Waals surface area contributed by atoms with Crippen LogP contribution >= 0.6 is 11.6 Å². The summed E-state index contributed by atoms with van der Waals surface area (Å²) < 4.78 is 1.61. The summed E-state index contributed by atoms with van der Waals surface area (Å²) in [5.41, 5.74) is 6.40. The van der Waals surface area contributed by atoms with Gasteiger partial charge in [0.15, 0.2) is 5.82 Å². The SMILES string of the molecule is NCc1cnn(-c2ccnc(Cl)n2)c1. The molecule has 0 unspecified atom stereocenters. The van der Waals surface area contributed by atoms with Gasteiger partial charge in [0.05, 0.1) is 6.20 Å². The number of halogens is 1. The second kappa shape index (κ2) is 3.73. The first-order chi connectivity index (χ1) is 6.79. The van der Waals surface area contributed by atoms with Gasteiger partial charge in [-0.1, -0.05) is 0 Å². The maximum atomic E-state index is 5.65. The Hall–Kier alpha value is -1.46. The van der Waals surface area contributed by atoms with E-state index < -0.39 is 0 Å². The Balaban J connectivity index is 2.39. The fourth-order valence-corrected chi connectivity index (χ4v) is 1.19. The lowest BCUT2D eigenvalue weighted by Gasteiger charge is -1.98. The van der Waals surface area contributed by atoms with Crippen molar-refractivity contribution in [1.29, 1.82) is 0 Å². The topological polar surface area (TPSA) is 69.6 Å². The fraction of sp³-hybridized carbons (Fsp3) is 0.125. The van der Waals surface area contributed by atoms with Crippen molar-refractivity contribution in [2.24, 2.45) is 5.73 Å². The van der Waals surface area contributed by atoms with E-state index in [0.29, 0.717) is 12.4 Å². The smallest absolute Gasteiger partial charge is 0.224 e. The lowest BCUT2D eigenvalue weighted by molar-refractivity contribution is 0.839. The lowest BCUT2D eigenvalue weighted by atomic mass is 10.4. The molecule has 0 bridgehead atoms. The zero-order valence-corrected chi connectivity index (χ0v) is 8.02. The predicted octanol–water partition coefficient (Wildman–Crippen LogP) is 0.774. The number of hydrogen-bond donors (Lipinski definition) is 1. The zero-order valence-electron chi connectivity index (χ0n) is 7.26. The van der Waals surface area contributed by atoms with Gasteiger partial charge in [-0.25, -0.2) is 9.67 Å². The summed E-state index contributed by atoms with van der Waals surface area (Å²) in [4.78, 5) is 7.79. The summed E-state index contributed by atoms with van der Waals surface area (Å²) in [6.45, 7) is 0.457. The first kappa shape index (κ1) is 9.11. The highest BCUT2D eigenvalue weighted by molar-refractivity contribution is 6.28. The van der Waals surface area contributed by atoms with Crippen molar-refractivity contribution < 1.29 is 0 Å². The van der Waals surface area contributed by atoms with Crippen LogP contribution in [0.1, 0.15) is 5.56 Å². The summed E-state index contributed by atoms with van der Waals surface area (Å²) in [5, 5.41) is 4.29. The second-order valence-electron chi connectivity index (χ2n) is 2.68. The zero-order chi connectivity index (χ0) is 9.97. The van der Waals surface area contributed by atoms with E-state index in [1.54, 1.807) is 29.3 Å². The molecular formula is C8H8ClN5. The molecule has 2 aromatic heterocycles. The minimum absolute atomic E-state index is 0.201. The summed E-state index contributed by atoms with van der Waals surface area (Å²) >= 11 is 5.65. The Labute approximate surface area is 85.5 Å². The van der Waals surface area contributed by atoms with E-state index in [0.717, 1.165) is 5.56 Å². The normalized spacial score (nSPS) is 10.4.